The third-order valence-electron chi connectivity index (χ3n) is 2.21. The smallest absolute Gasteiger partial charge is 0.00675 e. The SMILES string of the molecule is C[CH]CCCC1CCCN1. The highest BCUT2D eigenvalue weighted by Crippen LogP contribution is 2.12. The second kappa shape index (κ2) is 4.73. The van der Waals surface area contributed by atoms with Crippen molar-refractivity contribution in [2.24, 2.45) is 0 Å². The third-order valence-corrected chi connectivity index (χ3v) is 2.21. The van der Waals surface area contributed by atoms with Crippen molar-refractivity contribution in [3.63, 3.8) is 0 Å². The monoisotopic (exact) mass is 140 g/mol. The summed E-state index contributed by atoms with van der Waals surface area (Å²) in [5.41, 5.74) is 0. The molecule has 0 aromatic rings. The van der Waals surface area contributed by atoms with E-state index < -0.39 is 0 Å². The molecule has 0 aromatic carbocycles. The van der Waals surface area contributed by atoms with Gasteiger partial charge in [-0.1, -0.05) is 19.8 Å². The Bertz CT molecular complexity index is 74.8. The first-order valence-corrected chi connectivity index (χ1v) is 4.44. The Kier molecular flexibility index (Phi) is 3.81. The molecule has 1 heterocycles. The number of hydrogen-bond donors (Lipinski definition) is 1. The van der Waals surface area contributed by atoms with Crippen molar-refractivity contribution in [1.29, 1.82) is 0 Å². The first-order valence-electron chi connectivity index (χ1n) is 4.44. The molecule has 1 aliphatic heterocycles. The van der Waals surface area contributed by atoms with Crippen molar-refractivity contribution >= 4 is 0 Å². The summed E-state index contributed by atoms with van der Waals surface area (Å²) in [6.45, 7) is 3.39. The lowest BCUT2D eigenvalue weighted by atomic mass is 10.1. The van der Waals surface area contributed by atoms with Crippen LogP contribution in [0.15, 0.2) is 0 Å². The van der Waals surface area contributed by atoms with Gasteiger partial charge in [-0.05, 0) is 32.2 Å². The molecule has 1 radical (unpaired) electrons. The van der Waals surface area contributed by atoms with E-state index in [2.05, 4.69) is 18.7 Å². The Morgan fingerprint density at radius 1 is 1.60 bits per heavy atom. The van der Waals surface area contributed by atoms with Crippen molar-refractivity contribution in [2.75, 3.05) is 6.54 Å². The van der Waals surface area contributed by atoms with Crippen LogP contribution in [0, 0.1) is 6.42 Å². The summed E-state index contributed by atoms with van der Waals surface area (Å²) in [6.07, 6.45) is 9.09. The van der Waals surface area contributed by atoms with Crippen LogP contribution in [0.5, 0.6) is 0 Å². The zero-order chi connectivity index (χ0) is 7.23. The summed E-state index contributed by atoms with van der Waals surface area (Å²) in [5.74, 6) is 0. The Labute approximate surface area is 64.2 Å². The second-order valence-electron chi connectivity index (χ2n) is 3.13. The minimum absolute atomic E-state index is 0.847. The van der Waals surface area contributed by atoms with Gasteiger partial charge in [-0.3, -0.25) is 0 Å². The van der Waals surface area contributed by atoms with Crippen molar-refractivity contribution in [2.45, 2.75) is 45.1 Å². The molecule has 0 bridgehead atoms. The largest absolute Gasteiger partial charge is 0.314 e. The molecule has 0 spiro atoms. The predicted molar refractivity (Wildman–Crippen MR) is 44.8 cm³/mol. The average Bonchev–Trinajstić information content (AvgIpc) is 2.41. The number of nitrogens with one attached hydrogen (secondary N) is 1. The lowest BCUT2D eigenvalue weighted by Gasteiger charge is -2.07. The van der Waals surface area contributed by atoms with Crippen molar-refractivity contribution < 1.29 is 0 Å². The molecule has 0 saturated carbocycles. The quantitative estimate of drug-likeness (QED) is 0.590. The number of hydrogen-bond acceptors (Lipinski definition) is 1. The van der Waals surface area contributed by atoms with E-state index in [-0.39, 0.29) is 0 Å². The van der Waals surface area contributed by atoms with Crippen LogP contribution in [0.3, 0.4) is 0 Å². The molecule has 1 atom stereocenters. The van der Waals surface area contributed by atoms with E-state index in [0.717, 1.165) is 6.04 Å². The summed E-state index contributed by atoms with van der Waals surface area (Å²) >= 11 is 0. The maximum Gasteiger partial charge on any atom is 0.00675 e. The molecule has 0 amide bonds. The normalized spacial score (nSPS) is 25.5. The van der Waals surface area contributed by atoms with Gasteiger partial charge in [-0.25, -0.2) is 0 Å². The van der Waals surface area contributed by atoms with Crippen molar-refractivity contribution in [3.8, 4) is 0 Å². The Balaban J connectivity index is 1.91. The molecule has 1 heteroatoms. The van der Waals surface area contributed by atoms with Crippen LogP contribution in [0.2, 0.25) is 0 Å². The molecule has 1 unspecified atom stereocenters. The van der Waals surface area contributed by atoms with Gasteiger partial charge in [0.15, 0.2) is 0 Å². The van der Waals surface area contributed by atoms with Crippen molar-refractivity contribution in [3.05, 3.63) is 6.42 Å². The third kappa shape index (κ3) is 2.70. The van der Waals surface area contributed by atoms with Gasteiger partial charge in [0.1, 0.15) is 0 Å². The fourth-order valence-corrected chi connectivity index (χ4v) is 1.57. The summed E-state index contributed by atoms with van der Waals surface area (Å²) in [4.78, 5) is 0. The second-order valence-corrected chi connectivity index (χ2v) is 3.13. The highest BCUT2D eigenvalue weighted by atomic mass is 14.9. The van der Waals surface area contributed by atoms with E-state index in [0.29, 0.717) is 0 Å². The molecular weight excluding hydrogens is 122 g/mol. The zero-order valence-electron chi connectivity index (χ0n) is 6.90. The average molecular weight is 140 g/mol. The van der Waals surface area contributed by atoms with Gasteiger partial charge >= 0.3 is 0 Å². The Hall–Kier alpha value is -0.0400. The first kappa shape index (κ1) is 8.06. The summed E-state index contributed by atoms with van der Waals surface area (Å²) in [7, 11) is 0. The van der Waals surface area contributed by atoms with Crippen LogP contribution in [0.1, 0.15) is 39.0 Å². The van der Waals surface area contributed by atoms with Gasteiger partial charge < -0.3 is 5.32 Å². The van der Waals surface area contributed by atoms with Gasteiger partial charge in [0.05, 0.1) is 0 Å². The van der Waals surface area contributed by atoms with E-state index in [1.807, 2.05) is 0 Å². The van der Waals surface area contributed by atoms with E-state index in [9.17, 15) is 0 Å². The fourth-order valence-electron chi connectivity index (χ4n) is 1.57. The highest BCUT2D eigenvalue weighted by molar-refractivity contribution is 4.74. The van der Waals surface area contributed by atoms with E-state index in [4.69, 9.17) is 0 Å². The topological polar surface area (TPSA) is 12.0 Å². The summed E-state index contributed by atoms with van der Waals surface area (Å²) in [6, 6.07) is 0.847. The van der Waals surface area contributed by atoms with E-state index in [1.54, 1.807) is 0 Å². The number of rotatable bonds is 4. The molecule has 1 N–H and O–H groups in total. The van der Waals surface area contributed by atoms with Crippen LogP contribution in [0.25, 0.3) is 0 Å². The predicted octanol–water partition coefficient (Wildman–Crippen LogP) is 2.13. The minimum Gasteiger partial charge on any atom is -0.314 e. The molecule has 10 heavy (non-hydrogen) atoms. The molecule has 59 valence electrons. The van der Waals surface area contributed by atoms with Crippen LogP contribution in [0.4, 0.5) is 0 Å². The first-order chi connectivity index (χ1) is 4.93. The van der Waals surface area contributed by atoms with Crippen LogP contribution in [-0.2, 0) is 0 Å². The van der Waals surface area contributed by atoms with Gasteiger partial charge in [0.2, 0.25) is 0 Å². The minimum atomic E-state index is 0.847. The molecule has 1 aliphatic rings. The maximum atomic E-state index is 3.50. The summed E-state index contributed by atoms with van der Waals surface area (Å²) in [5, 5.41) is 3.50. The van der Waals surface area contributed by atoms with Crippen molar-refractivity contribution in [1.82, 2.24) is 5.32 Å². The summed E-state index contributed by atoms with van der Waals surface area (Å²) < 4.78 is 0. The lowest BCUT2D eigenvalue weighted by Crippen LogP contribution is -2.20. The fraction of sp³-hybridized carbons (Fsp3) is 0.889. The van der Waals surface area contributed by atoms with Gasteiger partial charge in [-0.2, -0.15) is 0 Å². The molecule has 1 rings (SSSR count). The Morgan fingerprint density at radius 2 is 2.50 bits per heavy atom. The maximum absolute atomic E-state index is 3.50. The molecule has 1 saturated heterocycles. The van der Waals surface area contributed by atoms with Gasteiger partial charge in [0.25, 0.3) is 0 Å². The molecule has 0 aromatic heterocycles. The van der Waals surface area contributed by atoms with Crippen LogP contribution < -0.4 is 5.32 Å². The molecule has 1 fully saturated rings. The van der Waals surface area contributed by atoms with Gasteiger partial charge in [0, 0.05) is 6.04 Å². The van der Waals surface area contributed by atoms with E-state index >= 15 is 0 Å². The van der Waals surface area contributed by atoms with E-state index in [1.165, 1.54) is 38.6 Å². The molecule has 0 aliphatic carbocycles. The molecular formula is C9H18N. The highest BCUT2D eigenvalue weighted by Gasteiger charge is 2.12. The molecule has 1 nitrogen and oxygen atoms in total. The lowest BCUT2D eigenvalue weighted by molar-refractivity contribution is 0.534. The standard InChI is InChI=1S/C9H18N/c1-2-3-4-6-9-7-5-8-10-9/h2,9-10H,3-8H2,1H3. The van der Waals surface area contributed by atoms with Gasteiger partial charge in [-0.15, -0.1) is 0 Å². The van der Waals surface area contributed by atoms with Crippen LogP contribution >= 0.6 is 0 Å². The Morgan fingerprint density at radius 3 is 3.10 bits per heavy atom. The zero-order valence-corrected chi connectivity index (χ0v) is 6.90. The number of unbranched alkanes of at least 4 members (excludes halogenated alkanes) is 2. The van der Waals surface area contributed by atoms with Crippen LogP contribution in [-0.4, -0.2) is 12.6 Å².